The van der Waals surface area contributed by atoms with Gasteiger partial charge in [-0.2, -0.15) is 0 Å². The lowest BCUT2D eigenvalue weighted by Crippen LogP contribution is -2.47. The monoisotopic (exact) mass is 295 g/mol. The van der Waals surface area contributed by atoms with E-state index in [-0.39, 0.29) is 17.2 Å². The average Bonchev–Trinajstić information content (AvgIpc) is 2.42. The first kappa shape index (κ1) is 16.9. The SMILES string of the molecule is CCCNc1c(F)cccc1C(=O)NC(C(N)=O)C(C)C. The summed E-state index contributed by atoms with van der Waals surface area (Å²) in [6.45, 7) is 6.04. The van der Waals surface area contributed by atoms with Gasteiger partial charge in [-0.3, -0.25) is 9.59 Å². The van der Waals surface area contributed by atoms with Crippen LogP contribution in [0.15, 0.2) is 18.2 Å². The number of rotatable bonds is 7. The molecular weight excluding hydrogens is 273 g/mol. The summed E-state index contributed by atoms with van der Waals surface area (Å²) in [5.41, 5.74) is 5.57. The first-order chi connectivity index (χ1) is 9.88. The van der Waals surface area contributed by atoms with E-state index in [4.69, 9.17) is 5.73 Å². The molecule has 116 valence electrons. The van der Waals surface area contributed by atoms with Gasteiger partial charge in [0.15, 0.2) is 0 Å². The maximum Gasteiger partial charge on any atom is 0.254 e. The Morgan fingerprint density at radius 3 is 2.52 bits per heavy atom. The molecule has 6 heteroatoms. The number of hydrogen-bond donors (Lipinski definition) is 3. The minimum absolute atomic E-state index is 0.142. The van der Waals surface area contributed by atoms with Crippen LogP contribution in [-0.2, 0) is 4.79 Å². The Morgan fingerprint density at radius 2 is 2.00 bits per heavy atom. The average molecular weight is 295 g/mol. The zero-order valence-electron chi connectivity index (χ0n) is 12.6. The van der Waals surface area contributed by atoms with Crippen molar-refractivity contribution in [2.75, 3.05) is 11.9 Å². The highest BCUT2D eigenvalue weighted by Gasteiger charge is 2.24. The van der Waals surface area contributed by atoms with Crippen molar-refractivity contribution in [3.63, 3.8) is 0 Å². The van der Waals surface area contributed by atoms with E-state index >= 15 is 0 Å². The summed E-state index contributed by atoms with van der Waals surface area (Å²) < 4.78 is 13.9. The van der Waals surface area contributed by atoms with Gasteiger partial charge < -0.3 is 16.4 Å². The highest BCUT2D eigenvalue weighted by atomic mass is 19.1. The molecule has 0 saturated carbocycles. The topological polar surface area (TPSA) is 84.2 Å². The normalized spacial score (nSPS) is 12.0. The second-order valence-corrected chi connectivity index (χ2v) is 5.19. The largest absolute Gasteiger partial charge is 0.382 e. The quantitative estimate of drug-likeness (QED) is 0.718. The Balaban J connectivity index is 3.01. The molecule has 0 heterocycles. The molecule has 0 fully saturated rings. The zero-order valence-corrected chi connectivity index (χ0v) is 12.6. The van der Waals surface area contributed by atoms with Crippen molar-refractivity contribution in [3.8, 4) is 0 Å². The van der Waals surface area contributed by atoms with Gasteiger partial charge in [0, 0.05) is 6.54 Å². The summed E-state index contributed by atoms with van der Waals surface area (Å²) in [5.74, 6) is -1.79. The van der Waals surface area contributed by atoms with Crippen molar-refractivity contribution in [2.45, 2.75) is 33.2 Å². The molecule has 1 aromatic carbocycles. The van der Waals surface area contributed by atoms with Crippen molar-refractivity contribution >= 4 is 17.5 Å². The van der Waals surface area contributed by atoms with Crippen LogP contribution < -0.4 is 16.4 Å². The van der Waals surface area contributed by atoms with Gasteiger partial charge in [-0.05, 0) is 24.5 Å². The minimum atomic E-state index is -0.792. The van der Waals surface area contributed by atoms with E-state index in [0.717, 1.165) is 6.42 Å². The van der Waals surface area contributed by atoms with Crippen molar-refractivity contribution in [1.82, 2.24) is 5.32 Å². The third kappa shape index (κ3) is 4.44. The van der Waals surface area contributed by atoms with Gasteiger partial charge in [-0.25, -0.2) is 4.39 Å². The fraction of sp³-hybridized carbons (Fsp3) is 0.467. The van der Waals surface area contributed by atoms with E-state index in [0.29, 0.717) is 6.54 Å². The third-order valence-electron chi connectivity index (χ3n) is 3.07. The first-order valence-electron chi connectivity index (χ1n) is 7.01. The second-order valence-electron chi connectivity index (χ2n) is 5.19. The Morgan fingerprint density at radius 1 is 1.33 bits per heavy atom. The lowest BCUT2D eigenvalue weighted by molar-refractivity contribution is -0.120. The van der Waals surface area contributed by atoms with Gasteiger partial charge >= 0.3 is 0 Å². The van der Waals surface area contributed by atoms with Crippen LogP contribution in [0.25, 0.3) is 0 Å². The van der Waals surface area contributed by atoms with Crippen LogP contribution in [0, 0.1) is 11.7 Å². The fourth-order valence-corrected chi connectivity index (χ4v) is 1.93. The molecule has 1 atom stereocenters. The number of anilines is 1. The summed E-state index contributed by atoms with van der Waals surface area (Å²) in [6, 6.07) is 3.45. The molecule has 21 heavy (non-hydrogen) atoms. The molecule has 0 spiro atoms. The molecule has 0 aliphatic carbocycles. The smallest absolute Gasteiger partial charge is 0.254 e. The zero-order chi connectivity index (χ0) is 16.0. The summed E-state index contributed by atoms with van der Waals surface area (Å²) in [5, 5.41) is 5.45. The predicted octanol–water partition coefficient (Wildman–Crippen LogP) is 1.89. The van der Waals surface area contributed by atoms with Crippen LogP contribution in [0.1, 0.15) is 37.6 Å². The second kappa shape index (κ2) is 7.61. The van der Waals surface area contributed by atoms with Crippen molar-refractivity contribution in [3.05, 3.63) is 29.6 Å². The lowest BCUT2D eigenvalue weighted by atomic mass is 10.0. The Bertz CT molecular complexity index is 518. The molecule has 2 amide bonds. The van der Waals surface area contributed by atoms with E-state index in [2.05, 4.69) is 10.6 Å². The van der Waals surface area contributed by atoms with Crippen molar-refractivity contribution in [1.29, 1.82) is 0 Å². The predicted molar refractivity (Wildman–Crippen MR) is 80.5 cm³/mol. The number of nitrogens with two attached hydrogens (primary N) is 1. The molecule has 5 nitrogen and oxygen atoms in total. The molecule has 1 unspecified atom stereocenters. The summed E-state index contributed by atoms with van der Waals surface area (Å²) in [4.78, 5) is 23.6. The van der Waals surface area contributed by atoms with Crippen LogP contribution in [0.3, 0.4) is 0 Å². The van der Waals surface area contributed by atoms with E-state index in [1.165, 1.54) is 18.2 Å². The Labute approximate surface area is 124 Å². The molecule has 0 saturated heterocycles. The first-order valence-corrected chi connectivity index (χ1v) is 7.01. The maximum atomic E-state index is 13.9. The molecule has 0 bridgehead atoms. The van der Waals surface area contributed by atoms with Crippen LogP contribution in [0.5, 0.6) is 0 Å². The number of halogens is 1. The minimum Gasteiger partial charge on any atom is -0.382 e. The number of para-hydroxylation sites is 1. The molecular formula is C15H22FN3O2. The molecule has 0 aliphatic heterocycles. The number of hydrogen-bond acceptors (Lipinski definition) is 3. The summed E-state index contributed by atoms with van der Waals surface area (Å²) >= 11 is 0. The van der Waals surface area contributed by atoms with Gasteiger partial charge in [-0.15, -0.1) is 0 Å². The lowest BCUT2D eigenvalue weighted by Gasteiger charge is -2.20. The van der Waals surface area contributed by atoms with Gasteiger partial charge in [-0.1, -0.05) is 26.8 Å². The summed E-state index contributed by atoms with van der Waals surface area (Å²) in [6.07, 6.45) is 0.797. The third-order valence-corrected chi connectivity index (χ3v) is 3.07. The molecule has 4 N–H and O–H groups in total. The van der Waals surface area contributed by atoms with Crippen LogP contribution in [-0.4, -0.2) is 24.4 Å². The Hall–Kier alpha value is -2.11. The van der Waals surface area contributed by atoms with Gasteiger partial charge in [0.05, 0.1) is 11.3 Å². The van der Waals surface area contributed by atoms with Crippen LogP contribution in [0.4, 0.5) is 10.1 Å². The number of amides is 2. The fourth-order valence-electron chi connectivity index (χ4n) is 1.93. The van der Waals surface area contributed by atoms with Crippen LogP contribution in [0.2, 0.25) is 0 Å². The maximum absolute atomic E-state index is 13.9. The van der Waals surface area contributed by atoms with Gasteiger partial charge in [0.25, 0.3) is 5.91 Å². The van der Waals surface area contributed by atoms with Crippen molar-refractivity contribution in [2.24, 2.45) is 11.7 Å². The Kier molecular flexibility index (Phi) is 6.14. The van der Waals surface area contributed by atoms with Crippen molar-refractivity contribution < 1.29 is 14.0 Å². The summed E-state index contributed by atoms with van der Waals surface area (Å²) in [7, 11) is 0. The van der Waals surface area contributed by atoms with E-state index in [1.807, 2.05) is 6.92 Å². The number of carbonyl (C=O) groups excluding carboxylic acids is 2. The molecule has 0 aliphatic rings. The molecule has 0 radical (unpaired) electrons. The van der Waals surface area contributed by atoms with Gasteiger partial charge in [0.1, 0.15) is 11.9 Å². The standard InChI is InChI=1S/C15H22FN3O2/c1-4-8-18-13-10(6-5-7-11(13)16)15(21)19-12(9(2)3)14(17)20/h5-7,9,12,18H,4,8H2,1-3H3,(H2,17,20)(H,19,21). The molecule has 0 aromatic heterocycles. The number of primary amides is 1. The highest BCUT2D eigenvalue weighted by molar-refractivity contribution is 6.01. The molecule has 1 aromatic rings. The molecule has 1 rings (SSSR count). The number of nitrogens with one attached hydrogen (secondary N) is 2. The van der Waals surface area contributed by atoms with E-state index in [9.17, 15) is 14.0 Å². The van der Waals surface area contributed by atoms with Gasteiger partial charge in [0.2, 0.25) is 5.91 Å². The van der Waals surface area contributed by atoms with E-state index in [1.54, 1.807) is 13.8 Å². The number of benzene rings is 1. The van der Waals surface area contributed by atoms with Crippen LogP contribution >= 0.6 is 0 Å². The number of carbonyl (C=O) groups is 2. The van der Waals surface area contributed by atoms with E-state index < -0.39 is 23.7 Å². The highest BCUT2D eigenvalue weighted by Crippen LogP contribution is 2.20.